The van der Waals surface area contributed by atoms with E-state index in [0.717, 1.165) is 0 Å². The first-order chi connectivity index (χ1) is 9.52. The van der Waals surface area contributed by atoms with Crippen LogP contribution in [-0.2, 0) is 0 Å². The molecule has 20 heavy (non-hydrogen) atoms. The van der Waals surface area contributed by atoms with Crippen molar-refractivity contribution >= 4 is 5.69 Å². The average Bonchev–Trinajstić information content (AvgIpc) is 2.43. The molecule has 0 aromatic heterocycles. The number of nitrogens with zero attached hydrogens (tertiary/aromatic N) is 1. The van der Waals surface area contributed by atoms with E-state index < -0.39 is 4.92 Å². The molecule has 0 atom stereocenters. The van der Waals surface area contributed by atoms with E-state index in [9.17, 15) is 15.2 Å². The molecule has 6 heteroatoms. The van der Waals surface area contributed by atoms with Gasteiger partial charge >= 0.3 is 5.69 Å². The molecule has 0 amide bonds. The SMILES string of the molecule is COc1ccc([N+](=O)[O-])c(Oc2cccc(O)c2C)c1. The summed E-state index contributed by atoms with van der Waals surface area (Å²) in [6.07, 6.45) is 0. The van der Waals surface area contributed by atoms with Crippen molar-refractivity contribution in [2.24, 2.45) is 0 Å². The molecule has 0 fully saturated rings. The smallest absolute Gasteiger partial charge is 0.311 e. The molecule has 0 saturated heterocycles. The third kappa shape index (κ3) is 2.64. The number of nitro benzene ring substituents is 1. The molecular weight excluding hydrogens is 262 g/mol. The van der Waals surface area contributed by atoms with Crippen molar-refractivity contribution in [1.29, 1.82) is 0 Å². The Bertz CT molecular complexity index is 654. The lowest BCUT2D eigenvalue weighted by molar-refractivity contribution is -0.385. The van der Waals surface area contributed by atoms with Crippen molar-refractivity contribution < 1.29 is 19.5 Å². The number of ether oxygens (including phenoxy) is 2. The molecule has 0 aliphatic carbocycles. The summed E-state index contributed by atoms with van der Waals surface area (Å²) in [4.78, 5) is 10.5. The zero-order chi connectivity index (χ0) is 14.7. The Balaban J connectivity index is 2.46. The largest absolute Gasteiger partial charge is 0.508 e. The van der Waals surface area contributed by atoms with Gasteiger partial charge in [-0.2, -0.15) is 0 Å². The fourth-order valence-corrected chi connectivity index (χ4v) is 1.69. The van der Waals surface area contributed by atoms with E-state index in [-0.39, 0.29) is 17.2 Å². The number of rotatable bonds is 4. The molecule has 0 heterocycles. The van der Waals surface area contributed by atoms with Crippen LogP contribution in [0.2, 0.25) is 0 Å². The average molecular weight is 275 g/mol. The summed E-state index contributed by atoms with van der Waals surface area (Å²) in [5.41, 5.74) is 0.332. The van der Waals surface area contributed by atoms with Crippen molar-refractivity contribution in [2.75, 3.05) is 7.11 Å². The van der Waals surface area contributed by atoms with Gasteiger partial charge in [-0.3, -0.25) is 10.1 Å². The van der Waals surface area contributed by atoms with Gasteiger partial charge in [-0.05, 0) is 25.1 Å². The minimum absolute atomic E-state index is 0.0584. The number of hydrogen-bond acceptors (Lipinski definition) is 5. The van der Waals surface area contributed by atoms with Gasteiger partial charge in [-0.15, -0.1) is 0 Å². The number of benzene rings is 2. The molecule has 2 aromatic carbocycles. The number of phenolic OH excluding ortho intramolecular Hbond substituents is 1. The maximum Gasteiger partial charge on any atom is 0.311 e. The molecule has 0 spiro atoms. The molecule has 0 bridgehead atoms. The monoisotopic (exact) mass is 275 g/mol. The van der Waals surface area contributed by atoms with Crippen LogP contribution in [0.4, 0.5) is 5.69 Å². The summed E-state index contributed by atoms with van der Waals surface area (Å²) in [5, 5.41) is 20.6. The van der Waals surface area contributed by atoms with E-state index in [0.29, 0.717) is 17.1 Å². The number of nitro groups is 1. The maximum absolute atomic E-state index is 11.0. The third-order valence-electron chi connectivity index (χ3n) is 2.84. The summed E-state index contributed by atoms with van der Waals surface area (Å²) >= 11 is 0. The second-order valence-corrected chi connectivity index (χ2v) is 4.09. The molecule has 6 nitrogen and oxygen atoms in total. The van der Waals surface area contributed by atoms with Crippen molar-refractivity contribution in [2.45, 2.75) is 6.92 Å². The van der Waals surface area contributed by atoms with E-state index in [1.165, 1.54) is 31.4 Å². The van der Waals surface area contributed by atoms with Gasteiger partial charge in [0.15, 0.2) is 0 Å². The Labute approximate surface area is 115 Å². The normalized spacial score (nSPS) is 10.1. The van der Waals surface area contributed by atoms with Crippen LogP contribution in [0.5, 0.6) is 23.0 Å². The molecule has 0 unspecified atom stereocenters. The fraction of sp³-hybridized carbons (Fsp3) is 0.143. The Morgan fingerprint density at radius 1 is 1.20 bits per heavy atom. The summed E-state index contributed by atoms with van der Waals surface area (Å²) in [7, 11) is 1.46. The first-order valence-electron chi connectivity index (χ1n) is 5.82. The zero-order valence-corrected chi connectivity index (χ0v) is 11.0. The van der Waals surface area contributed by atoms with E-state index >= 15 is 0 Å². The lowest BCUT2D eigenvalue weighted by Crippen LogP contribution is -1.95. The molecule has 1 N–H and O–H groups in total. The Kier molecular flexibility index (Phi) is 3.74. The van der Waals surface area contributed by atoms with Crippen molar-refractivity contribution in [3.63, 3.8) is 0 Å². The van der Waals surface area contributed by atoms with Crippen LogP contribution >= 0.6 is 0 Å². The predicted octanol–water partition coefficient (Wildman–Crippen LogP) is 3.41. The second-order valence-electron chi connectivity index (χ2n) is 4.09. The predicted molar refractivity (Wildman–Crippen MR) is 72.6 cm³/mol. The Morgan fingerprint density at radius 3 is 2.60 bits per heavy atom. The summed E-state index contributed by atoms with van der Waals surface area (Å²) in [5.74, 6) is 0.917. The van der Waals surface area contributed by atoms with E-state index in [1.54, 1.807) is 19.1 Å². The highest BCUT2D eigenvalue weighted by Crippen LogP contribution is 2.37. The van der Waals surface area contributed by atoms with Crippen LogP contribution in [0.25, 0.3) is 0 Å². The third-order valence-corrected chi connectivity index (χ3v) is 2.84. The summed E-state index contributed by atoms with van der Waals surface area (Å²) in [6.45, 7) is 1.66. The number of methoxy groups -OCH3 is 1. The Morgan fingerprint density at radius 2 is 1.95 bits per heavy atom. The first kappa shape index (κ1) is 13.7. The van der Waals surface area contributed by atoms with Crippen LogP contribution in [0.15, 0.2) is 36.4 Å². The van der Waals surface area contributed by atoms with Gasteiger partial charge in [0.05, 0.1) is 12.0 Å². The van der Waals surface area contributed by atoms with Crippen molar-refractivity contribution in [3.05, 3.63) is 52.1 Å². The lowest BCUT2D eigenvalue weighted by atomic mass is 10.2. The summed E-state index contributed by atoms with van der Waals surface area (Å²) < 4.78 is 10.6. The van der Waals surface area contributed by atoms with E-state index in [2.05, 4.69) is 0 Å². The van der Waals surface area contributed by atoms with Crippen LogP contribution in [-0.4, -0.2) is 17.1 Å². The number of hydrogen-bond donors (Lipinski definition) is 1. The highest BCUT2D eigenvalue weighted by Gasteiger charge is 2.18. The highest BCUT2D eigenvalue weighted by molar-refractivity contribution is 5.54. The molecule has 0 aliphatic rings. The quantitative estimate of drug-likeness (QED) is 0.683. The molecule has 0 saturated carbocycles. The second kappa shape index (κ2) is 5.48. The molecule has 2 aromatic rings. The van der Waals surface area contributed by atoms with Gasteiger partial charge in [-0.25, -0.2) is 0 Å². The summed E-state index contributed by atoms with van der Waals surface area (Å²) in [6, 6.07) is 8.97. The fourth-order valence-electron chi connectivity index (χ4n) is 1.69. The molecule has 0 radical (unpaired) electrons. The van der Waals surface area contributed by atoms with E-state index in [4.69, 9.17) is 9.47 Å². The highest BCUT2D eigenvalue weighted by atomic mass is 16.6. The van der Waals surface area contributed by atoms with Gasteiger partial charge in [-0.1, -0.05) is 6.07 Å². The zero-order valence-electron chi connectivity index (χ0n) is 11.0. The Hall–Kier alpha value is -2.76. The van der Waals surface area contributed by atoms with Gasteiger partial charge in [0.2, 0.25) is 5.75 Å². The first-order valence-corrected chi connectivity index (χ1v) is 5.82. The van der Waals surface area contributed by atoms with Gasteiger partial charge in [0.1, 0.15) is 17.2 Å². The van der Waals surface area contributed by atoms with Crippen LogP contribution in [0, 0.1) is 17.0 Å². The van der Waals surface area contributed by atoms with Gasteiger partial charge < -0.3 is 14.6 Å². The van der Waals surface area contributed by atoms with Crippen molar-refractivity contribution in [3.8, 4) is 23.0 Å². The molecule has 104 valence electrons. The minimum Gasteiger partial charge on any atom is -0.508 e. The van der Waals surface area contributed by atoms with E-state index in [1.807, 2.05) is 0 Å². The topological polar surface area (TPSA) is 81.8 Å². The van der Waals surface area contributed by atoms with Crippen molar-refractivity contribution in [1.82, 2.24) is 0 Å². The molecule has 2 rings (SSSR count). The van der Waals surface area contributed by atoms with Crippen LogP contribution < -0.4 is 9.47 Å². The minimum atomic E-state index is -0.535. The van der Waals surface area contributed by atoms with Crippen LogP contribution in [0.3, 0.4) is 0 Å². The maximum atomic E-state index is 11.0. The lowest BCUT2D eigenvalue weighted by Gasteiger charge is -2.10. The standard InChI is InChI=1S/C14H13NO5/c1-9-12(16)4-3-5-13(9)20-14-8-10(19-2)6-7-11(14)15(17)18/h3-8,16H,1-2H3. The molecular formula is C14H13NO5. The van der Waals surface area contributed by atoms with Gasteiger partial charge in [0.25, 0.3) is 0 Å². The number of aromatic hydroxyl groups is 1. The number of phenols is 1. The van der Waals surface area contributed by atoms with Crippen LogP contribution in [0.1, 0.15) is 5.56 Å². The molecule has 0 aliphatic heterocycles. The van der Waals surface area contributed by atoms with Gasteiger partial charge in [0, 0.05) is 17.7 Å².